The molecule has 2 fully saturated rings. The molecule has 0 radical (unpaired) electrons. The van der Waals surface area contributed by atoms with Crippen molar-refractivity contribution >= 4 is 30.2 Å². The predicted octanol–water partition coefficient (Wildman–Crippen LogP) is 1.04. The third kappa shape index (κ3) is 6.62. The summed E-state index contributed by atoms with van der Waals surface area (Å²) in [5.74, 6) is 0.884. The molecule has 0 aromatic carbocycles. The molecule has 9 heteroatoms. The van der Waals surface area contributed by atoms with Gasteiger partial charge in [0.25, 0.3) is 0 Å². The van der Waals surface area contributed by atoms with E-state index in [1.165, 1.54) is 36.7 Å². The number of aromatic nitrogens is 3. The molecule has 0 atom stereocenters. The van der Waals surface area contributed by atoms with E-state index in [0.717, 1.165) is 38.4 Å². The number of carbonyl (C=O) groups is 2. The minimum Gasteiger partial charge on any atom is -0.341 e. The number of nitrogens with one attached hydrogen (secondary N) is 2. The molecule has 0 unspecified atom stereocenters. The molecule has 2 amide bonds. The monoisotopic (exact) mass is 370 g/mol. The number of hydrogen-bond donors (Lipinski definition) is 2. The Balaban J connectivity index is 0.00000225. The lowest BCUT2D eigenvalue weighted by Crippen LogP contribution is -2.34. The summed E-state index contributed by atoms with van der Waals surface area (Å²) in [5.41, 5.74) is 0. The van der Waals surface area contributed by atoms with Gasteiger partial charge < -0.3 is 10.2 Å². The fraction of sp³-hybridized carbons (Fsp3) is 0.750. The third-order valence-corrected chi connectivity index (χ3v) is 4.46. The van der Waals surface area contributed by atoms with E-state index in [9.17, 15) is 9.59 Å². The SMILES string of the molecule is Cl.O=C(CNCC1CC1)Nc1ncn(CC(=O)N2CCCCCC2)n1. The van der Waals surface area contributed by atoms with E-state index >= 15 is 0 Å². The van der Waals surface area contributed by atoms with Crippen LogP contribution in [0, 0.1) is 5.92 Å². The van der Waals surface area contributed by atoms with Crippen LogP contribution in [-0.2, 0) is 16.1 Å². The van der Waals surface area contributed by atoms with Gasteiger partial charge in [0.2, 0.25) is 17.8 Å². The van der Waals surface area contributed by atoms with Crippen LogP contribution in [0.5, 0.6) is 0 Å². The summed E-state index contributed by atoms with van der Waals surface area (Å²) in [6, 6.07) is 0. The zero-order valence-electron chi connectivity index (χ0n) is 14.4. The number of amides is 2. The second-order valence-corrected chi connectivity index (χ2v) is 6.68. The fourth-order valence-corrected chi connectivity index (χ4v) is 2.87. The Morgan fingerprint density at radius 2 is 1.88 bits per heavy atom. The molecule has 140 valence electrons. The van der Waals surface area contributed by atoms with Crippen molar-refractivity contribution in [3.63, 3.8) is 0 Å². The van der Waals surface area contributed by atoms with Crippen molar-refractivity contribution in [3.8, 4) is 0 Å². The average molecular weight is 371 g/mol. The Hall–Kier alpha value is -1.67. The first-order valence-corrected chi connectivity index (χ1v) is 8.88. The number of rotatable bonds is 7. The summed E-state index contributed by atoms with van der Waals surface area (Å²) in [4.78, 5) is 30.0. The molecule has 1 aromatic rings. The number of anilines is 1. The van der Waals surface area contributed by atoms with Crippen LogP contribution in [0.25, 0.3) is 0 Å². The lowest BCUT2D eigenvalue weighted by molar-refractivity contribution is -0.132. The molecule has 1 saturated heterocycles. The normalized spacial score (nSPS) is 17.5. The Labute approximate surface area is 154 Å². The molecular weight excluding hydrogens is 344 g/mol. The van der Waals surface area contributed by atoms with Crippen LogP contribution in [0.15, 0.2) is 6.33 Å². The molecule has 2 heterocycles. The quantitative estimate of drug-likeness (QED) is 0.748. The molecule has 0 bridgehead atoms. The van der Waals surface area contributed by atoms with Gasteiger partial charge in [-0.1, -0.05) is 12.8 Å². The van der Waals surface area contributed by atoms with E-state index in [-0.39, 0.29) is 43.3 Å². The first-order chi connectivity index (χ1) is 11.7. The number of halogens is 1. The Bertz CT molecular complexity index is 567. The fourth-order valence-electron chi connectivity index (χ4n) is 2.87. The number of hydrogen-bond acceptors (Lipinski definition) is 5. The lowest BCUT2D eigenvalue weighted by atomic mass is 10.2. The maximum Gasteiger partial charge on any atom is 0.248 e. The van der Waals surface area contributed by atoms with Crippen molar-refractivity contribution in [2.75, 3.05) is 31.5 Å². The first-order valence-electron chi connectivity index (χ1n) is 8.88. The molecule has 1 aliphatic carbocycles. The topological polar surface area (TPSA) is 92.2 Å². The summed E-state index contributed by atoms with van der Waals surface area (Å²) < 4.78 is 1.49. The Morgan fingerprint density at radius 1 is 1.16 bits per heavy atom. The van der Waals surface area contributed by atoms with Gasteiger partial charge >= 0.3 is 0 Å². The first kappa shape index (κ1) is 19.7. The maximum atomic E-state index is 12.3. The van der Waals surface area contributed by atoms with E-state index < -0.39 is 0 Å². The molecule has 1 aliphatic heterocycles. The van der Waals surface area contributed by atoms with Crippen molar-refractivity contribution in [1.29, 1.82) is 0 Å². The van der Waals surface area contributed by atoms with Crippen LogP contribution in [0.4, 0.5) is 5.95 Å². The molecule has 3 rings (SSSR count). The highest BCUT2D eigenvalue weighted by molar-refractivity contribution is 5.90. The highest BCUT2D eigenvalue weighted by Crippen LogP contribution is 2.27. The molecule has 2 N–H and O–H groups in total. The van der Waals surface area contributed by atoms with E-state index in [0.29, 0.717) is 0 Å². The van der Waals surface area contributed by atoms with Crippen LogP contribution < -0.4 is 10.6 Å². The molecule has 8 nitrogen and oxygen atoms in total. The van der Waals surface area contributed by atoms with Gasteiger partial charge in [-0.05, 0) is 38.1 Å². The minimum atomic E-state index is -0.160. The van der Waals surface area contributed by atoms with Gasteiger partial charge in [-0.15, -0.1) is 17.5 Å². The average Bonchev–Trinajstić information content (AvgIpc) is 3.33. The second kappa shape index (κ2) is 9.72. The van der Waals surface area contributed by atoms with Gasteiger partial charge in [0, 0.05) is 13.1 Å². The number of nitrogens with zero attached hydrogens (tertiary/aromatic N) is 4. The van der Waals surface area contributed by atoms with Crippen molar-refractivity contribution in [2.45, 2.75) is 45.1 Å². The van der Waals surface area contributed by atoms with Crippen LogP contribution in [0.3, 0.4) is 0 Å². The second-order valence-electron chi connectivity index (χ2n) is 6.68. The van der Waals surface area contributed by atoms with Crippen molar-refractivity contribution < 1.29 is 9.59 Å². The zero-order chi connectivity index (χ0) is 16.8. The van der Waals surface area contributed by atoms with Gasteiger partial charge in [0.15, 0.2) is 0 Å². The molecule has 0 spiro atoms. The van der Waals surface area contributed by atoms with Gasteiger partial charge in [-0.3, -0.25) is 14.9 Å². The van der Waals surface area contributed by atoms with E-state index in [1.54, 1.807) is 0 Å². The molecule has 1 saturated carbocycles. The zero-order valence-corrected chi connectivity index (χ0v) is 15.3. The number of carbonyl (C=O) groups excluding carboxylic acids is 2. The molecular formula is C16H27ClN6O2. The van der Waals surface area contributed by atoms with Gasteiger partial charge in [-0.25, -0.2) is 9.67 Å². The number of likely N-dealkylation sites (tertiary alicyclic amines) is 1. The van der Waals surface area contributed by atoms with Crippen LogP contribution in [-0.4, -0.2) is 57.7 Å². The van der Waals surface area contributed by atoms with Crippen molar-refractivity contribution in [1.82, 2.24) is 25.0 Å². The van der Waals surface area contributed by atoms with Gasteiger partial charge in [-0.2, -0.15) is 0 Å². The summed E-state index contributed by atoms with van der Waals surface area (Å²) in [7, 11) is 0. The standard InChI is InChI=1S/C16H26N6O2.ClH/c23-14(10-17-9-13-5-6-13)19-16-18-12-22(20-16)11-15(24)21-7-3-1-2-4-8-21;/h12-13,17H,1-11H2,(H,19,20,23);1H. The van der Waals surface area contributed by atoms with Crippen LogP contribution in [0.1, 0.15) is 38.5 Å². The van der Waals surface area contributed by atoms with Crippen molar-refractivity contribution in [3.05, 3.63) is 6.33 Å². The van der Waals surface area contributed by atoms with E-state index in [2.05, 4.69) is 20.7 Å². The summed E-state index contributed by atoms with van der Waals surface area (Å²) in [6.45, 7) is 2.97. The summed E-state index contributed by atoms with van der Waals surface area (Å²) in [5, 5.41) is 9.93. The molecule has 2 aliphatic rings. The Kier molecular flexibility index (Phi) is 7.64. The summed E-state index contributed by atoms with van der Waals surface area (Å²) in [6.07, 6.45) is 8.52. The van der Waals surface area contributed by atoms with E-state index in [1.807, 2.05) is 4.90 Å². The molecule has 1 aromatic heterocycles. The van der Waals surface area contributed by atoms with Crippen molar-refractivity contribution in [2.24, 2.45) is 5.92 Å². The molecule has 25 heavy (non-hydrogen) atoms. The lowest BCUT2D eigenvalue weighted by Gasteiger charge is -2.19. The maximum absolute atomic E-state index is 12.3. The predicted molar refractivity (Wildman–Crippen MR) is 96.5 cm³/mol. The van der Waals surface area contributed by atoms with Crippen LogP contribution in [0.2, 0.25) is 0 Å². The highest BCUT2D eigenvalue weighted by atomic mass is 35.5. The highest BCUT2D eigenvalue weighted by Gasteiger charge is 2.21. The Morgan fingerprint density at radius 3 is 2.56 bits per heavy atom. The third-order valence-electron chi connectivity index (χ3n) is 4.46. The van der Waals surface area contributed by atoms with E-state index in [4.69, 9.17) is 0 Å². The van der Waals surface area contributed by atoms with Gasteiger partial charge in [0.1, 0.15) is 12.9 Å². The largest absolute Gasteiger partial charge is 0.341 e. The van der Waals surface area contributed by atoms with Crippen LogP contribution >= 0.6 is 12.4 Å². The minimum absolute atomic E-state index is 0. The smallest absolute Gasteiger partial charge is 0.248 e. The van der Waals surface area contributed by atoms with Gasteiger partial charge in [0.05, 0.1) is 6.54 Å². The summed E-state index contributed by atoms with van der Waals surface area (Å²) >= 11 is 0.